The van der Waals surface area contributed by atoms with Gasteiger partial charge in [-0.3, -0.25) is 4.31 Å². The Hall–Kier alpha value is -2.80. The number of benzene rings is 2. The average Bonchev–Trinajstić information content (AvgIpc) is 3.15. The van der Waals surface area contributed by atoms with Gasteiger partial charge in [-0.25, -0.2) is 12.8 Å². The second kappa shape index (κ2) is 6.60. The number of hydrogen-bond acceptors (Lipinski definition) is 3. The van der Waals surface area contributed by atoms with Crippen LogP contribution in [-0.4, -0.2) is 27.6 Å². The molecule has 0 aliphatic heterocycles. The minimum Gasteiger partial charge on any atom is -0.496 e. The van der Waals surface area contributed by atoms with E-state index in [1.54, 1.807) is 18.3 Å². The zero-order valence-corrected chi connectivity index (χ0v) is 14.5. The minimum absolute atomic E-state index is 0.115. The Balaban J connectivity index is 2.05. The number of hydrogen-bond donors (Lipinski definition) is 1. The number of rotatable bonds is 5. The molecule has 0 saturated carbocycles. The zero-order valence-electron chi connectivity index (χ0n) is 13.7. The summed E-state index contributed by atoms with van der Waals surface area (Å²) in [4.78, 5) is 3.16. The molecule has 0 bridgehead atoms. The first-order chi connectivity index (χ1) is 11.9. The molecule has 25 heavy (non-hydrogen) atoms. The number of sulfonamides is 1. The monoisotopic (exact) mass is 360 g/mol. The number of aromatic amines is 1. The summed E-state index contributed by atoms with van der Waals surface area (Å²) in [5.41, 5.74) is 1.76. The van der Waals surface area contributed by atoms with E-state index in [0.29, 0.717) is 17.0 Å². The second-order valence-electron chi connectivity index (χ2n) is 5.39. The molecule has 0 radical (unpaired) electrons. The molecule has 1 heterocycles. The Labute approximate surface area is 145 Å². The first kappa shape index (κ1) is 17.0. The molecule has 0 aliphatic carbocycles. The summed E-state index contributed by atoms with van der Waals surface area (Å²) in [6.07, 6.45) is 1.75. The zero-order chi connectivity index (χ0) is 18.0. The van der Waals surface area contributed by atoms with Gasteiger partial charge in [0.2, 0.25) is 0 Å². The third kappa shape index (κ3) is 3.23. The summed E-state index contributed by atoms with van der Waals surface area (Å²) >= 11 is 0. The Morgan fingerprint density at radius 1 is 1.08 bits per heavy atom. The molecule has 0 spiro atoms. The average molecular weight is 360 g/mol. The van der Waals surface area contributed by atoms with Crippen molar-refractivity contribution in [3.05, 3.63) is 66.6 Å². The minimum atomic E-state index is -3.80. The molecule has 0 aliphatic rings. The molecular formula is C18H17FN2O3S. The lowest BCUT2D eigenvalue weighted by Crippen LogP contribution is -2.26. The highest BCUT2D eigenvalue weighted by Crippen LogP contribution is 2.32. The van der Waals surface area contributed by atoms with Crippen molar-refractivity contribution in [3.8, 4) is 17.0 Å². The summed E-state index contributed by atoms with van der Waals surface area (Å²) < 4.78 is 45.4. The fourth-order valence-electron chi connectivity index (χ4n) is 2.50. The van der Waals surface area contributed by atoms with Crippen molar-refractivity contribution in [2.75, 3.05) is 18.5 Å². The molecule has 0 amide bonds. The lowest BCUT2D eigenvalue weighted by molar-refractivity contribution is 0.416. The molecule has 1 aromatic heterocycles. The predicted molar refractivity (Wildman–Crippen MR) is 94.8 cm³/mol. The molecule has 130 valence electrons. The first-order valence-electron chi connectivity index (χ1n) is 7.50. The van der Waals surface area contributed by atoms with Gasteiger partial charge in [-0.1, -0.05) is 0 Å². The van der Waals surface area contributed by atoms with Crippen LogP contribution >= 0.6 is 0 Å². The Bertz CT molecular complexity index is 968. The summed E-state index contributed by atoms with van der Waals surface area (Å²) in [6.45, 7) is 0. The number of methoxy groups -OCH3 is 1. The van der Waals surface area contributed by atoms with Gasteiger partial charge in [0.1, 0.15) is 11.6 Å². The van der Waals surface area contributed by atoms with Gasteiger partial charge in [-0.05, 0) is 54.6 Å². The van der Waals surface area contributed by atoms with Crippen molar-refractivity contribution in [2.45, 2.75) is 4.90 Å². The fourth-order valence-corrected chi connectivity index (χ4v) is 3.73. The fraction of sp³-hybridized carbons (Fsp3) is 0.111. The lowest BCUT2D eigenvalue weighted by Gasteiger charge is -2.20. The van der Waals surface area contributed by atoms with Crippen LogP contribution in [0.4, 0.5) is 10.1 Å². The van der Waals surface area contributed by atoms with Gasteiger partial charge < -0.3 is 9.72 Å². The molecule has 1 N–H and O–H groups in total. The maximum Gasteiger partial charge on any atom is 0.264 e. The number of aromatic nitrogens is 1. The summed E-state index contributed by atoms with van der Waals surface area (Å²) in [5, 5.41) is 0. The van der Waals surface area contributed by atoms with Crippen molar-refractivity contribution in [1.29, 1.82) is 0 Å². The van der Waals surface area contributed by atoms with Crippen LogP contribution in [0.3, 0.4) is 0 Å². The normalized spacial score (nSPS) is 11.3. The van der Waals surface area contributed by atoms with Crippen LogP contribution in [0.1, 0.15) is 0 Å². The van der Waals surface area contributed by atoms with E-state index in [1.165, 1.54) is 44.5 Å². The largest absolute Gasteiger partial charge is 0.496 e. The van der Waals surface area contributed by atoms with Gasteiger partial charge in [-0.2, -0.15) is 0 Å². The van der Waals surface area contributed by atoms with E-state index in [-0.39, 0.29) is 4.90 Å². The highest BCUT2D eigenvalue weighted by molar-refractivity contribution is 7.92. The topological polar surface area (TPSA) is 62.4 Å². The maximum absolute atomic E-state index is 13.1. The number of nitrogens with one attached hydrogen (secondary N) is 1. The van der Waals surface area contributed by atoms with Gasteiger partial charge in [0.25, 0.3) is 10.0 Å². The van der Waals surface area contributed by atoms with E-state index in [0.717, 1.165) is 10.00 Å². The third-order valence-corrected chi connectivity index (χ3v) is 5.69. The Kier molecular flexibility index (Phi) is 4.50. The maximum atomic E-state index is 13.1. The molecular weight excluding hydrogens is 343 g/mol. The molecule has 0 fully saturated rings. The summed E-state index contributed by atoms with van der Waals surface area (Å²) in [6, 6.07) is 13.6. The van der Waals surface area contributed by atoms with E-state index in [4.69, 9.17) is 4.74 Å². The highest BCUT2D eigenvalue weighted by atomic mass is 32.2. The molecule has 2 aromatic carbocycles. The molecule has 0 saturated heterocycles. The van der Waals surface area contributed by atoms with Crippen LogP contribution in [0.15, 0.2) is 65.7 Å². The van der Waals surface area contributed by atoms with E-state index in [9.17, 15) is 12.8 Å². The summed E-state index contributed by atoms with van der Waals surface area (Å²) in [5.74, 6) is 0.138. The smallest absolute Gasteiger partial charge is 0.264 e. The molecule has 7 heteroatoms. The first-order valence-corrected chi connectivity index (χ1v) is 8.94. The van der Waals surface area contributed by atoms with Gasteiger partial charge >= 0.3 is 0 Å². The summed E-state index contributed by atoms with van der Waals surface area (Å²) in [7, 11) is -0.842. The molecule has 3 rings (SSSR count). The van der Waals surface area contributed by atoms with Gasteiger partial charge in [0, 0.05) is 24.5 Å². The predicted octanol–water partition coefficient (Wildman–Crippen LogP) is 3.65. The molecule has 3 aromatic rings. The number of anilines is 1. The second-order valence-corrected chi connectivity index (χ2v) is 7.36. The SMILES string of the molecule is COc1ccc(S(=O)(=O)N(C)c2ccc(F)cc2)cc1-c1ccc[nH]1. The van der Waals surface area contributed by atoms with Crippen molar-refractivity contribution in [3.63, 3.8) is 0 Å². The van der Waals surface area contributed by atoms with Crippen LogP contribution in [0.5, 0.6) is 5.75 Å². The number of halogens is 1. The van der Waals surface area contributed by atoms with Crippen molar-refractivity contribution < 1.29 is 17.5 Å². The van der Waals surface area contributed by atoms with E-state index < -0.39 is 15.8 Å². The number of ether oxygens (including phenoxy) is 1. The van der Waals surface area contributed by atoms with Gasteiger partial charge in [0.15, 0.2) is 0 Å². The van der Waals surface area contributed by atoms with Crippen LogP contribution in [0.25, 0.3) is 11.3 Å². The highest BCUT2D eigenvalue weighted by Gasteiger charge is 2.23. The van der Waals surface area contributed by atoms with Crippen molar-refractivity contribution in [2.24, 2.45) is 0 Å². The van der Waals surface area contributed by atoms with Gasteiger partial charge in [-0.15, -0.1) is 0 Å². The van der Waals surface area contributed by atoms with Crippen LogP contribution < -0.4 is 9.04 Å². The number of H-pyrrole nitrogens is 1. The molecule has 0 unspecified atom stereocenters. The standard InChI is InChI=1S/C18H17FN2O3S/c1-21(14-7-5-13(19)6-8-14)25(22,23)15-9-10-18(24-2)16(12-15)17-4-3-11-20-17/h3-12,20H,1-2H3. The Morgan fingerprint density at radius 2 is 1.80 bits per heavy atom. The van der Waals surface area contributed by atoms with Crippen LogP contribution in [0.2, 0.25) is 0 Å². The molecule has 5 nitrogen and oxygen atoms in total. The van der Waals surface area contributed by atoms with E-state index in [2.05, 4.69) is 4.98 Å². The Morgan fingerprint density at radius 3 is 2.40 bits per heavy atom. The molecule has 0 atom stereocenters. The van der Waals surface area contributed by atoms with Crippen LogP contribution in [-0.2, 0) is 10.0 Å². The van der Waals surface area contributed by atoms with E-state index >= 15 is 0 Å². The lowest BCUT2D eigenvalue weighted by atomic mass is 10.1. The van der Waals surface area contributed by atoms with Crippen LogP contribution in [0, 0.1) is 5.82 Å². The quantitative estimate of drug-likeness (QED) is 0.755. The third-order valence-electron chi connectivity index (χ3n) is 3.91. The van der Waals surface area contributed by atoms with Gasteiger partial charge in [0.05, 0.1) is 17.7 Å². The number of nitrogens with zero attached hydrogens (tertiary/aromatic N) is 1. The van der Waals surface area contributed by atoms with E-state index in [1.807, 2.05) is 12.1 Å². The van der Waals surface area contributed by atoms with Crippen molar-refractivity contribution >= 4 is 15.7 Å². The van der Waals surface area contributed by atoms with Crippen molar-refractivity contribution in [1.82, 2.24) is 4.98 Å².